The molecule has 0 atom stereocenters. The summed E-state index contributed by atoms with van der Waals surface area (Å²) in [5.74, 6) is -0.279. The zero-order valence-corrected chi connectivity index (χ0v) is 16.5. The molecule has 31 heavy (non-hydrogen) atoms. The van der Waals surface area contributed by atoms with Gasteiger partial charge in [0.15, 0.2) is 0 Å². The van der Waals surface area contributed by atoms with Crippen LogP contribution in [0.15, 0.2) is 90.0 Å². The average Bonchev–Trinajstić information content (AvgIpc) is 2.78. The first-order chi connectivity index (χ1) is 15.1. The number of nitrogens with one attached hydrogen (secondary N) is 1. The van der Waals surface area contributed by atoms with Gasteiger partial charge in [0.05, 0.1) is 11.8 Å². The quantitative estimate of drug-likeness (QED) is 0.343. The fraction of sp³-hybridized carbons (Fsp3) is 0.0400. The number of aromatic hydroxyl groups is 1. The number of benzene rings is 4. The van der Waals surface area contributed by atoms with E-state index in [-0.39, 0.29) is 23.7 Å². The molecule has 4 aromatic carbocycles. The zero-order valence-electron chi connectivity index (χ0n) is 16.5. The molecule has 0 aromatic heterocycles. The topological polar surface area (TPSA) is 70.9 Å². The Morgan fingerprint density at radius 1 is 0.968 bits per heavy atom. The minimum absolute atomic E-state index is 0.105. The van der Waals surface area contributed by atoms with Crippen LogP contribution in [0.1, 0.15) is 21.5 Å². The molecule has 5 nitrogen and oxygen atoms in total. The number of amides is 1. The van der Waals surface area contributed by atoms with Crippen LogP contribution in [0.3, 0.4) is 0 Å². The third kappa shape index (κ3) is 5.05. The Kier molecular flexibility index (Phi) is 5.89. The van der Waals surface area contributed by atoms with Gasteiger partial charge in [0.2, 0.25) is 0 Å². The van der Waals surface area contributed by atoms with Gasteiger partial charge in [0.1, 0.15) is 23.9 Å². The molecular formula is C25H19FN2O3. The third-order valence-corrected chi connectivity index (χ3v) is 4.66. The lowest BCUT2D eigenvalue weighted by atomic mass is 10.1. The van der Waals surface area contributed by atoms with Gasteiger partial charge in [-0.25, -0.2) is 9.82 Å². The first-order valence-electron chi connectivity index (χ1n) is 9.61. The number of halogens is 1. The Balaban J connectivity index is 1.35. The van der Waals surface area contributed by atoms with E-state index in [2.05, 4.69) is 10.5 Å². The second kappa shape index (κ2) is 9.09. The Bertz CT molecular complexity index is 1250. The number of hydrogen-bond donors (Lipinski definition) is 2. The van der Waals surface area contributed by atoms with Gasteiger partial charge in [-0.1, -0.05) is 36.4 Å². The molecule has 0 unspecified atom stereocenters. The number of rotatable bonds is 6. The van der Waals surface area contributed by atoms with Crippen LogP contribution >= 0.6 is 0 Å². The SMILES string of the molecule is O=C(NN=Cc1ccc(OCc2cccc(F)c2)cc1)c1cc2ccccc2cc1O. The van der Waals surface area contributed by atoms with Gasteiger partial charge < -0.3 is 9.84 Å². The lowest BCUT2D eigenvalue weighted by molar-refractivity contribution is 0.0952. The Hall–Kier alpha value is -4.19. The van der Waals surface area contributed by atoms with Gasteiger partial charge in [-0.15, -0.1) is 0 Å². The Morgan fingerprint density at radius 3 is 2.45 bits per heavy atom. The summed E-state index contributed by atoms with van der Waals surface area (Å²) in [5, 5.41) is 15.8. The van der Waals surface area contributed by atoms with E-state index in [9.17, 15) is 14.3 Å². The molecule has 0 aliphatic rings. The number of phenols is 1. The average molecular weight is 414 g/mol. The highest BCUT2D eigenvalue weighted by atomic mass is 19.1. The monoisotopic (exact) mass is 414 g/mol. The molecule has 0 saturated carbocycles. The summed E-state index contributed by atoms with van der Waals surface area (Å²) in [6, 6.07) is 24.0. The van der Waals surface area contributed by atoms with Gasteiger partial charge in [-0.3, -0.25) is 4.79 Å². The van der Waals surface area contributed by atoms with Crippen LogP contribution in [0.25, 0.3) is 10.8 Å². The molecule has 0 fully saturated rings. The fourth-order valence-corrected chi connectivity index (χ4v) is 3.08. The molecule has 2 N–H and O–H groups in total. The van der Waals surface area contributed by atoms with Gasteiger partial charge in [0, 0.05) is 0 Å². The summed E-state index contributed by atoms with van der Waals surface area (Å²) < 4.78 is 18.8. The molecule has 154 valence electrons. The van der Waals surface area contributed by atoms with E-state index in [0.717, 1.165) is 21.9 Å². The number of ether oxygens (including phenoxy) is 1. The summed E-state index contributed by atoms with van der Waals surface area (Å²) in [7, 11) is 0. The van der Waals surface area contributed by atoms with E-state index in [1.165, 1.54) is 18.3 Å². The molecule has 0 bridgehead atoms. The molecule has 4 rings (SSSR count). The summed E-state index contributed by atoms with van der Waals surface area (Å²) in [6.07, 6.45) is 1.49. The minimum Gasteiger partial charge on any atom is -0.507 e. The van der Waals surface area contributed by atoms with Gasteiger partial charge in [-0.05, 0) is 70.4 Å². The number of fused-ring (bicyclic) bond motifs is 1. The second-order valence-corrected chi connectivity index (χ2v) is 6.90. The molecule has 1 amide bonds. The number of phenolic OH excluding ortho intramolecular Hbond substituents is 1. The van der Waals surface area contributed by atoms with Crippen LogP contribution in [-0.4, -0.2) is 17.2 Å². The lowest BCUT2D eigenvalue weighted by Crippen LogP contribution is -2.17. The maximum atomic E-state index is 13.2. The van der Waals surface area contributed by atoms with E-state index in [0.29, 0.717) is 5.75 Å². The molecule has 0 saturated heterocycles. The highest BCUT2D eigenvalue weighted by Gasteiger charge is 2.11. The van der Waals surface area contributed by atoms with E-state index in [4.69, 9.17) is 4.74 Å². The van der Waals surface area contributed by atoms with Crippen molar-refractivity contribution in [2.45, 2.75) is 6.61 Å². The normalized spacial score (nSPS) is 11.0. The van der Waals surface area contributed by atoms with Crippen molar-refractivity contribution < 1.29 is 19.0 Å². The molecular weight excluding hydrogens is 395 g/mol. The molecule has 6 heteroatoms. The Labute approximate surface area is 178 Å². The van der Waals surface area contributed by atoms with E-state index in [1.807, 2.05) is 24.3 Å². The minimum atomic E-state index is -0.505. The molecule has 0 aliphatic heterocycles. The Morgan fingerprint density at radius 2 is 1.71 bits per heavy atom. The predicted octanol–water partition coefficient (Wildman–Crippen LogP) is 5.03. The summed E-state index contributed by atoms with van der Waals surface area (Å²) in [6.45, 7) is 0.260. The number of carbonyl (C=O) groups excluding carboxylic acids is 1. The van der Waals surface area contributed by atoms with Crippen molar-refractivity contribution in [3.63, 3.8) is 0 Å². The summed E-state index contributed by atoms with van der Waals surface area (Å²) >= 11 is 0. The predicted molar refractivity (Wildman–Crippen MR) is 118 cm³/mol. The molecule has 0 heterocycles. The van der Waals surface area contributed by atoms with Crippen LogP contribution in [0.2, 0.25) is 0 Å². The first kappa shape index (κ1) is 20.1. The van der Waals surface area contributed by atoms with Crippen molar-refractivity contribution in [2.75, 3.05) is 0 Å². The molecule has 4 aromatic rings. The summed E-state index contributed by atoms with van der Waals surface area (Å²) in [5.41, 5.74) is 4.07. The van der Waals surface area contributed by atoms with Crippen molar-refractivity contribution >= 4 is 22.9 Å². The fourth-order valence-electron chi connectivity index (χ4n) is 3.08. The largest absolute Gasteiger partial charge is 0.507 e. The molecule has 0 radical (unpaired) electrons. The van der Waals surface area contributed by atoms with Gasteiger partial charge in [-0.2, -0.15) is 5.10 Å². The van der Waals surface area contributed by atoms with Crippen LogP contribution in [0.4, 0.5) is 4.39 Å². The molecule has 0 aliphatic carbocycles. The lowest BCUT2D eigenvalue weighted by Gasteiger charge is -2.07. The van der Waals surface area contributed by atoms with Crippen LogP contribution in [0, 0.1) is 5.82 Å². The zero-order chi connectivity index (χ0) is 21.6. The summed E-state index contributed by atoms with van der Waals surface area (Å²) in [4.78, 5) is 12.4. The number of carbonyl (C=O) groups is 1. The van der Waals surface area contributed by atoms with E-state index in [1.54, 1.807) is 48.5 Å². The first-order valence-corrected chi connectivity index (χ1v) is 9.61. The third-order valence-electron chi connectivity index (χ3n) is 4.66. The molecule has 0 spiro atoms. The van der Waals surface area contributed by atoms with Crippen LogP contribution in [0.5, 0.6) is 11.5 Å². The van der Waals surface area contributed by atoms with Crippen molar-refractivity contribution in [1.29, 1.82) is 0 Å². The standard InChI is InChI=1S/C25H19FN2O3/c26-21-7-3-4-18(12-21)16-31-22-10-8-17(9-11-22)15-27-28-25(30)23-13-19-5-1-2-6-20(19)14-24(23)29/h1-15,29H,16H2,(H,28,30). The number of hydrogen-bond acceptors (Lipinski definition) is 4. The van der Waals surface area contributed by atoms with Crippen molar-refractivity contribution in [3.05, 3.63) is 107 Å². The number of hydrazone groups is 1. The van der Waals surface area contributed by atoms with E-state index < -0.39 is 5.91 Å². The van der Waals surface area contributed by atoms with Crippen LogP contribution in [-0.2, 0) is 6.61 Å². The maximum absolute atomic E-state index is 13.2. The highest BCUT2D eigenvalue weighted by Crippen LogP contribution is 2.24. The van der Waals surface area contributed by atoms with E-state index >= 15 is 0 Å². The van der Waals surface area contributed by atoms with Crippen molar-refractivity contribution in [1.82, 2.24) is 5.43 Å². The second-order valence-electron chi connectivity index (χ2n) is 6.90. The number of nitrogens with zero attached hydrogens (tertiary/aromatic N) is 1. The van der Waals surface area contributed by atoms with Crippen molar-refractivity contribution in [3.8, 4) is 11.5 Å². The smallest absolute Gasteiger partial charge is 0.275 e. The van der Waals surface area contributed by atoms with Crippen molar-refractivity contribution in [2.24, 2.45) is 5.10 Å². The maximum Gasteiger partial charge on any atom is 0.275 e. The van der Waals surface area contributed by atoms with Crippen LogP contribution < -0.4 is 10.2 Å². The highest BCUT2D eigenvalue weighted by molar-refractivity contribution is 6.01. The van der Waals surface area contributed by atoms with Gasteiger partial charge in [0.25, 0.3) is 5.91 Å². The van der Waals surface area contributed by atoms with Gasteiger partial charge >= 0.3 is 0 Å².